The summed E-state index contributed by atoms with van der Waals surface area (Å²) >= 11 is 1.73. The first-order chi connectivity index (χ1) is 11.3. The molecule has 4 fully saturated rings. The Morgan fingerprint density at radius 2 is 2.04 bits per heavy atom. The maximum atomic E-state index is 12.8. The first-order valence-corrected chi connectivity index (χ1v) is 11.3. The van der Waals surface area contributed by atoms with E-state index in [-0.39, 0.29) is 29.2 Å². The van der Waals surface area contributed by atoms with Gasteiger partial charge in [0.15, 0.2) is 0 Å². The number of sulfonamides is 1. The van der Waals surface area contributed by atoms with E-state index in [9.17, 15) is 13.2 Å². The molecule has 2 heterocycles. The number of carbonyl (C=O) groups excluding carboxylic acids is 1. The quantitative estimate of drug-likeness (QED) is 0.758. The molecule has 2 amide bonds. The van der Waals surface area contributed by atoms with E-state index in [1.807, 2.05) is 23.8 Å². The van der Waals surface area contributed by atoms with Crippen LogP contribution in [0.25, 0.3) is 0 Å². The summed E-state index contributed by atoms with van der Waals surface area (Å²) < 4.78 is 28.4. The summed E-state index contributed by atoms with van der Waals surface area (Å²) in [4.78, 5) is 16.4. The second-order valence-corrected chi connectivity index (χ2v) is 10.9. The number of nitrogens with one attached hydrogen (secondary N) is 2. The zero-order valence-electron chi connectivity index (χ0n) is 14.2. The van der Waals surface area contributed by atoms with Crippen molar-refractivity contribution in [3.8, 4) is 0 Å². The molecule has 4 aliphatic rings. The van der Waals surface area contributed by atoms with Crippen molar-refractivity contribution in [3.63, 3.8) is 0 Å². The second-order valence-electron chi connectivity index (χ2n) is 7.76. The van der Waals surface area contributed by atoms with E-state index < -0.39 is 15.3 Å². The lowest BCUT2D eigenvalue weighted by Gasteiger charge is -2.37. The molecule has 0 aromatic carbocycles. The predicted molar refractivity (Wildman–Crippen MR) is 94.2 cm³/mol. The Morgan fingerprint density at radius 1 is 1.29 bits per heavy atom. The molecule has 2 N–H and O–H groups in total. The topological polar surface area (TPSA) is 81.8 Å². The summed E-state index contributed by atoms with van der Waals surface area (Å²) in [6.07, 6.45) is 3.75. The standard InChI is InChI=1S/C15H26N4O3S2/c1-15(5-6-15)17-24(21,22)10-3-4-11-12(9-10)19(14(20)18(11)2)13-16-7-8-23-13/h10-13,16-17H,3-9H2,1-2H3. The molecule has 0 radical (unpaired) electrons. The Kier molecular flexibility index (Phi) is 4.06. The molecular weight excluding hydrogens is 348 g/mol. The number of fused-ring (bicyclic) bond motifs is 1. The van der Waals surface area contributed by atoms with Crippen molar-refractivity contribution < 1.29 is 13.2 Å². The minimum Gasteiger partial charge on any atom is -0.323 e. The highest BCUT2D eigenvalue weighted by molar-refractivity contribution is 8.00. The fourth-order valence-corrected chi connectivity index (χ4v) is 7.23. The third-order valence-electron chi connectivity index (χ3n) is 5.89. The van der Waals surface area contributed by atoms with Crippen LogP contribution in [0.15, 0.2) is 0 Å². The van der Waals surface area contributed by atoms with Crippen molar-refractivity contribution in [2.24, 2.45) is 0 Å². The zero-order chi connectivity index (χ0) is 17.1. The Morgan fingerprint density at radius 3 is 2.67 bits per heavy atom. The molecule has 136 valence electrons. The van der Waals surface area contributed by atoms with Crippen LogP contribution < -0.4 is 10.0 Å². The highest BCUT2D eigenvalue weighted by Gasteiger charge is 2.53. The van der Waals surface area contributed by atoms with Crippen LogP contribution in [0.4, 0.5) is 4.79 Å². The fourth-order valence-electron chi connectivity index (χ4n) is 4.17. The van der Waals surface area contributed by atoms with Crippen molar-refractivity contribution in [1.29, 1.82) is 0 Å². The van der Waals surface area contributed by atoms with Gasteiger partial charge in [-0.2, -0.15) is 0 Å². The van der Waals surface area contributed by atoms with Crippen LogP contribution in [0, 0.1) is 0 Å². The molecule has 4 unspecified atom stereocenters. The normalized spacial score (nSPS) is 38.5. The summed E-state index contributed by atoms with van der Waals surface area (Å²) in [5.74, 6) is 0.983. The monoisotopic (exact) mass is 374 g/mol. The van der Waals surface area contributed by atoms with Gasteiger partial charge in [-0.05, 0) is 39.0 Å². The molecule has 0 aromatic heterocycles. The Bertz CT molecular complexity index is 631. The van der Waals surface area contributed by atoms with Gasteiger partial charge in [-0.15, -0.1) is 11.8 Å². The number of hydrogen-bond donors (Lipinski definition) is 2. The average molecular weight is 375 g/mol. The molecule has 4 atom stereocenters. The lowest BCUT2D eigenvalue weighted by atomic mass is 9.90. The Hall–Kier alpha value is -0.510. The van der Waals surface area contributed by atoms with Crippen LogP contribution in [0.5, 0.6) is 0 Å². The van der Waals surface area contributed by atoms with E-state index >= 15 is 0 Å². The van der Waals surface area contributed by atoms with Gasteiger partial charge in [0.2, 0.25) is 10.0 Å². The van der Waals surface area contributed by atoms with Crippen LogP contribution in [0.1, 0.15) is 39.0 Å². The highest BCUT2D eigenvalue weighted by Crippen LogP contribution is 2.40. The number of likely N-dealkylation sites (N-methyl/N-ethyl adjacent to an activating group) is 1. The molecule has 2 saturated carbocycles. The second kappa shape index (κ2) is 5.75. The van der Waals surface area contributed by atoms with Gasteiger partial charge in [0.25, 0.3) is 0 Å². The van der Waals surface area contributed by atoms with E-state index in [0.717, 1.165) is 31.6 Å². The number of rotatable bonds is 4. The molecular formula is C15H26N4O3S2. The summed E-state index contributed by atoms with van der Waals surface area (Å²) in [6, 6.07) is 0.133. The number of thioether (sulfide) groups is 1. The van der Waals surface area contributed by atoms with Gasteiger partial charge in [0.05, 0.1) is 17.3 Å². The molecule has 24 heavy (non-hydrogen) atoms. The van der Waals surface area contributed by atoms with Crippen LogP contribution in [-0.2, 0) is 10.0 Å². The van der Waals surface area contributed by atoms with E-state index in [0.29, 0.717) is 12.8 Å². The number of hydrogen-bond acceptors (Lipinski definition) is 5. The minimum absolute atomic E-state index is 0.0204. The van der Waals surface area contributed by atoms with Gasteiger partial charge >= 0.3 is 6.03 Å². The van der Waals surface area contributed by atoms with E-state index in [1.54, 1.807) is 11.8 Å². The van der Waals surface area contributed by atoms with E-state index in [2.05, 4.69) is 10.0 Å². The summed E-state index contributed by atoms with van der Waals surface area (Å²) in [5.41, 5.74) is -0.258. The van der Waals surface area contributed by atoms with Crippen molar-refractivity contribution in [1.82, 2.24) is 19.8 Å². The number of carbonyl (C=O) groups is 1. The third kappa shape index (κ3) is 2.83. The van der Waals surface area contributed by atoms with E-state index in [4.69, 9.17) is 0 Å². The molecule has 0 aromatic rings. The number of urea groups is 1. The fraction of sp³-hybridized carbons (Fsp3) is 0.933. The van der Waals surface area contributed by atoms with Gasteiger partial charge < -0.3 is 4.90 Å². The molecule has 7 nitrogen and oxygen atoms in total. The van der Waals surface area contributed by atoms with E-state index in [1.165, 1.54) is 0 Å². The zero-order valence-corrected chi connectivity index (χ0v) is 15.8. The number of amides is 2. The van der Waals surface area contributed by atoms with Crippen molar-refractivity contribution in [2.45, 2.75) is 67.4 Å². The van der Waals surface area contributed by atoms with Crippen LogP contribution in [0.2, 0.25) is 0 Å². The van der Waals surface area contributed by atoms with Crippen LogP contribution in [0.3, 0.4) is 0 Å². The first kappa shape index (κ1) is 16.9. The van der Waals surface area contributed by atoms with Gasteiger partial charge in [-0.3, -0.25) is 10.2 Å². The average Bonchev–Trinajstić information content (AvgIpc) is 2.96. The van der Waals surface area contributed by atoms with Crippen LogP contribution >= 0.6 is 11.8 Å². The van der Waals surface area contributed by atoms with Gasteiger partial charge in [-0.25, -0.2) is 17.9 Å². The SMILES string of the molecule is CN1C(=O)N(C2NCCS2)C2CC(S(=O)(=O)NC3(C)CC3)CCC21. The molecule has 4 rings (SSSR count). The van der Waals surface area contributed by atoms with Crippen LogP contribution in [-0.4, -0.2) is 72.0 Å². The lowest BCUT2D eigenvalue weighted by molar-refractivity contribution is 0.176. The molecule has 0 spiro atoms. The number of nitrogens with zero attached hydrogens (tertiary/aromatic N) is 2. The minimum atomic E-state index is -3.33. The van der Waals surface area contributed by atoms with Gasteiger partial charge in [0.1, 0.15) is 5.50 Å². The van der Waals surface area contributed by atoms with Crippen molar-refractivity contribution in [2.75, 3.05) is 19.3 Å². The molecule has 2 aliphatic carbocycles. The highest BCUT2D eigenvalue weighted by atomic mass is 32.2. The van der Waals surface area contributed by atoms with Gasteiger partial charge in [0, 0.05) is 24.9 Å². The molecule has 2 aliphatic heterocycles. The smallest absolute Gasteiger partial charge is 0.322 e. The Labute approximate surface area is 147 Å². The van der Waals surface area contributed by atoms with Gasteiger partial charge in [-0.1, -0.05) is 0 Å². The molecule has 9 heteroatoms. The maximum absolute atomic E-state index is 12.8. The van der Waals surface area contributed by atoms with Crippen molar-refractivity contribution >= 4 is 27.8 Å². The lowest BCUT2D eigenvalue weighted by Crippen LogP contribution is -2.52. The third-order valence-corrected chi connectivity index (χ3v) is 9.12. The van der Waals surface area contributed by atoms with Crippen molar-refractivity contribution in [3.05, 3.63) is 0 Å². The first-order valence-electron chi connectivity index (χ1n) is 8.74. The largest absolute Gasteiger partial charge is 0.323 e. The molecule has 0 bridgehead atoms. The Balaban J connectivity index is 1.53. The predicted octanol–water partition coefficient (Wildman–Crippen LogP) is 0.735. The summed E-state index contributed by atoms with van der Waals surface area (Å²) in [7, 11) is -1.49. The summed E-state index contributed by atoms with van der Waals surface area (Å²) in [5, 5.41) is 2.96. The maximum Gasteiger partial charge on any atom is 0.322 e. The summed E-state index contributed by atoms with van der Waals surface area (Å²) in [6.45, 7) is 2.86. The molecule has 2 saturated heterocycles.